The number of carbonyl (C=O) groups is 2. The zero-order chi connectivity index (χ0) is 11.9. The van der Waals surface area contributed by atoms with Crippen LogP contribution in [0.3, 0.4) is 0 Å². The molecule has 1 heterocycles. The number of cyclic esters (lactones) is 1. The summed E-state index contributed by atoms with van der Waals surface area (Å²) < 4.78 is 5.02. The molecule has 0 radical (unpaired) electrons. The van der Waals surface area contributed by atoms with E-state index in [9.17, 15) is 9.59 Å². The Morgan fingerprint density at radius 2 is 1.93 bits per heavy atom. The largest absolute Gasteiger partial charge is 0.465 e. The van der Waals surface area contributed by atoms with Crippen molar-refractivity contribution in [1.29, 1.82) is 0 Å². The first-order valence-corrected chi connectivity index (χ1v) is 8.41. The summed E-state index contributed by atoms with van der Waals surface area (Å²) in [6.45, 7) is 11.4. The Morgan fingerprint density at radius 3 is 2.33 bits per heavy atom. The lowest BCUT2D eigenvalue weighted by Gasteiger charge is -2.41. The highest BCUT2D eigenvalue weighted by molar-refractivity contribution is 6.82. The van der Waals surface area contributed by atoms with Gasteiger partial charge in [0.25, 0.3) is 0 Å². The van der Waals surface area contributed by atoms with E-state index >= 15 is 0 Å². The van der Waals surface area contributed by atoms with Crippen molar-refractivity contribution in [3.63, 3.8) is 0 Å². The fraction of sp³-hybridized carbons (Fsp3) is 0.818. The fourth-order valence-electron chi connectivity index (χ4n) is 1.90. The second-order valence-corrected chi connectivity index (χ2v) is 11.6. The van der Waals surface area contributed by atoms with Gasteiger partial charge in [0.2, 0.25) is 0 Å². The Hall–Kier alpha value is -0.643. The van der Waals surface area contributed by atoms with Crippen LogP contribution in [-0.2, 0) is 14.3 Å². The van der Waals surface area contributed by atoms with E-state index in [0.717, 1.165) is 6.29 Å². The molecular formula is C11H20O3Si. The Bertz CT molecular complexity index is 278. The zero-order valence-electron chi connectivity index (χ0n) is 10.2. The van der Waals surface area contributed by atoms with Gasteiger partial charge in [-0.05, 0) is 5.04 Å². The lowest BCUT2D eigenvalue weighted by molar-refractivity contribution is -0.142. The highest BCUT2D eigenvalue weighted by atomic mass is 28.3. The van der Waals surface area contributed by atoms with Crippen molar-refractivity contribution in [2.24, 2.45) is 5.92 Å². The zero-order valence-corrected chi connectivity index (χ0v) is 11.2. The maximum atomic E-state index is 11.4. The number of ether oxygens (including phenoxy) is 1. The van der Waals surface area contributed by atoms with Crippen molar-refractivity contribution in [3.8, 4) is 0 Å². The number of aldehydes is 1. The van der Waals surface area contributed by atoms with E-state index in [1.807, 2.05) is 0 Å². The van der Waals surface area contributed by atoms with Gasteiger partial charge in [-0.2, -0.15) is 0 Å². The summed E-state index contributed by atoms with van der Waals surface area (Å²) in [5.74, 6) is -0.856. The second-order valence-electron chi connectivity index (χ2n) is 5.87. The van der Waals surface area contributed by atoms with Crippen LogP contribution in [0.4, 0.5) is 0 Å². The fourth-order valence-corrected chi connectivity index (χ4v) is 4.62. The Morgan fingerprint density at radius 1 is 1.40 bits per heavy atom. The minimum Gasteiger partial charge on any atom is -0.465 e. The van der Waals surface area contributed by atoms with Crippen LogP contribution in [0.25, 0.3) is 0 Å². The topological polar surface area (TPSA) is 43.4 Å². The first-order chi connectivity index (χ1) is 6.71. The van der Waals surface area contributed by atoms with E-state index in [0.29, 0.717) is 6.61 Å². The molecule has 4 heteroatoms. The number of carbonyl (C=O) groups excluding carboxylic acids is 2. The van der Waals surface area contributed by atoms with Gasteiger partial charge in [0, 0.05) is 5.54 Å². The summed E-state index contributed by atoms with van der Waals surface area (Å²) in [4.78, 5) is 22.3. The third-order valence-corrected chi connectivity index (χ3v) is 10.4. The van der Waals surface area contributed by atoms with E-state index in [2.05, 4.69) is 33.9 Å². The molecule has 0 spiro atoms. The molecule has 0 aliphatic carbocycles. The van der Waals surface area contributed by atoms with Crippen LogP contribution < -0.4 is 0 Å². The van der Waals surface area contributed by atoms with Crippen molar-refractivity contribution in [3.05, 3.63) is 0 Å². The lowest BCUT2D eigenvalue weighted by Crippen LogP contribution is -2.45. The Kier molecular flexibility index (Phi) is 3.10. The maximum Gasteiger partial charge on any atom is 0.316 e. The SMILES string of the molecule is CC(C)(C)[Si](C)(C)C1COC(=O)C1C=O. The lowest BCUT2D eigenvalue weighted by atomic mass is 10.1. The van der Waals surface area contributed by atoms with E-state index < -0.39 is 14.0 Å². The molecule has 86 valence electrons. The number of rotatable bonds is 2. The molecule has 0 bridgehead atoms. The molecular weight excluding hydrogens is 208 g/mol. The van der Waals surface area contributed by atoms with Gasteiger partial charge >= 0.3 is 5.97 Å². The summed E-state index contributed by atoms with van der Waals surface area (Å²) in [5, 5.41) is 0.174. The molecule has 0 amide bonds. The van der Waals surface area contributed by atoms with Gasteiger partial charge < -0.3 is 9.53 Å². The van der Waals surface area contributed by atoms with Crippen LogP contribution in [0.15, 0.2) is 0 Å². The molecule has 2 atom stereocenters. The molecule has 1 rings (SSSR count). The van der Waals surface area contributed by atoms with E-state index in [1.54, 1.807) is 0 Å². The van der Waals surface area contributed by atoms with Crippen LogP contribution in [0.2, 0.25) is 23.7 Å². The van der Waals surface area contributed by atoms with E-state index in [4.69, 9.17) is 4.74 Å². The van der Waals surface area contributed by atoms with Crippen LogP contribution in [-0.4, -0.2) is 26.9 Å². The van der Waals surface area contributed by atoms with E-state index in [1.165, 1.54) is 0 Å². The van der Waals surface area contributed by atoms with Crippen LogP contribution in [0.5, 0.6) is 0 Å². The number of esters is 1. The third kappa shape index (κ3) is 2.00. The van der Waals surface area contributed by atoms with Crippen molar-refractivity contribution < 1.29 is 14.3 Å². The molecule has 1 aliphatic heterocycles. The molecule has 0 aromatic rings. The minimum atomic E-state index is -1.67. The van der Waals surface area contributed by atoms with Crippen LogP contribution in [0, 0.1) is 5.92 Å². The van der Waals surface area contributed by atoms with Crippen LogP contribution >= 0.6 is 0 Å². The average Bonchev–Trinajstić information content (AvgIpc) is 2.44. The summed E-state index contributed by atoms with van der Waals surface area (Å²) >= 11 is 0. The van der Waals surface area contributed by atoms with Crippen molar-refractivity contribution >= 4 is 20.3 Å². The molecule has 0 N–H and O–H groups in total. The van der Waals surface area contributed by atoms with Crippen molar-refractivity contribution in [2.45, 2.75) is 44.4 Å². The molecule has 0 aromatic carbocycles. The summed E-state index contributed by atoms with van der Waals surface area (Å²) in [6.07, 6.45) is 0.764. The van der Waals surface area contributed by atoms with Gasteiger partial charge in [-0.3, -0.25) is 4.79 Å². The second kappa shape index (κ2) is 3.74. The standard InChI is InChI=1S/C11H20O3Si/c1-11(2,3)15(4,5)9-7-14-10(13)8(9)6-12/h6,8-9H,7H2,1-5H3. The predicted molar refractivity (Wildman–Crippen MR) is 61.5 cm³/mol. The van der Waals surface area contributed by atoms with E-state index in [-0.39, 0.29) is 16.5 Å². The number of hydrogen-bond donors (Lipinski definition) is 0. The van der Waals surface area contributed by atoms with Crippen molar-refractivity contribution in [1.82, 2.24) is 0 Å². The first kappa shape index (κ1) is 12.4. The smallest absolute Gasteiger partial charge is 0.316 e. The summed E-state index contributed by atoms with van der Waals surface area (Å²) in [7, 11) is -1.67. The Balaban J connectivity index is 2.98. The number of hydrogen-bond acceptors (Lipinski definition) is 3. The van der Waals surface area contributed by atoms with Crippen molar-refractivity contribution in [2.75, 3.05) is 6.61 Å². The Labute approximate surface area is 92.2 Å². The van der Waals surface area contributed by atoms with Gasteiger partial charge in [0.15, 0.2) is 0 Å². The molecule has 15 heavy (non-hydrogen) atoms. The highest BCUT2D eigenvalue weighted by Gasteiger charge is 2.51. The molecule has 1 fully saturated rings. The molecule has 0 aromatic heterocycles. The normalized spacial score (nSPS) is 27.7. The quantitative estimate of drug-likeness (QED) is 0.315. The monoisotopic (exact) mass is 228 g/mol. The summed E-state index contributed by atoms with van der Waals surface area (Å²) in [6, 6.07) is 0. The van der Waals surface area contributed by atoms with Gasteiger partial charge in [-0.15, -0.1) is 0 Å². The van der Waals surface area contributed by atoms with Gasteiger partial charge in [0.1, 0.15) is 12.2 Å². The first-order valence-electron chi connectivity index (χ1n) is 5.33. The van der Waals surface area contributed by atoms with Gasteiger partial charge in [0.05, 0.1) is 14.7 Å². The molecule has 2 unspecified atom stereocenters. The average molecular weight is 228 g/mol. The van der Waals surface area contributed by atoms with Crippen LogP contribution in [0.1, 0.15) is 20.8 Å². The maximum absolute atomic E-state index is 11.4. The molecule has 1 aliphatic rings. The van der Waals surface area contributed by atoms with Gasteiger partial charge in [-0.25, -0.2) is 0 Å². The predicted octanol–water partition coefficient (Wildman–Crippen LogP) is 2.24. The molecule has 1 saturated heterocycles. The minimum absolute atomic E-state index is 0.127. The van der Waals surface area contributed by atoms with Gasteiger partial charge in [-0.1, -0.05) is 33.9 Å². The summed E-state index contributed by atoms with van der Waals surface area (Å²) in [5.41, 5.74) is 0.127. The molecule has 3 nitrogen and oxygen atoms in total. The third-order valence-electron chi connectivity index (χ3n) is 4.12. The highest BCUT2D eigenvalue weighted by Crippen LogP contribution is 2.48. The molecule has 0 saturated carbocycles.